The number of hydrogen-bond donors (Lipinski definition) is 0. The lowest BCUT2D eigenvalue weighted by molar-refractivity contribution is 0.0722. The number of halogens is 2. The highest BCUT2D eigenvalue weighted by molar-refractivity contribution is 6.30. The number of pyridine rings is 1. The molecule has 0 aliphatic rings. The Labute approximate surface area is 102 Å². The largest absolute Gasteiger partial charge is 0.419 e. The third-order valence-electron chi connectivity index (χ3n) is 1.99. The summed E-state index contributed by atoms with van der Waals surface area (Å²) in [5, 5.41) is -0.101. The van der Waals surface area contributed by atoms with Crippen molar-refractivity contribution in [3.05, 3.63) is 59.1 Å². The molecule has 2 rings (SSSR count). The van der Waals surface area contributed by atoms with Crippen molar-refractivity contribution in [1.82, 2.24) is 4.98 Å². The molecule has 0 aliphatic carbocycles. The highest BCUT2D eigenvalue weighted by Gasteiger charge is 2.14. The van der Waals surface area contributed by atoms with Crippen molar-refractivity contribution in [2.24, 2.45) is 0 Å². The van der Waals surface area contributed by atoms with Gasteiger partial charge in [-0.1, -0.05) is 23.7 Å². The minimum Gasteiger partial charge on any atom is -0.419 e. The summed E-state index contributed by atoms with van der Waals surface area (Å²) in [6.07, 6.45) is 1.45. The number of benzene rings is 1. The first-order valence-corrected chi connectivity index (χ1v) is 5.13. The highest BCUT2D eigenvalue weighted by atomic mass is 35.5. The van der Waals surface area contributed by atoms with Crippen LogP contribution in [0.4, 0.5) is 4.39 Å². The lowest BCUT2D eigenvalue weighted by Gasteiger charge is -2.05. The van der Waals surface area contributed by atoms with E-state index in [0.29, 0.717) is 0 Å². The fourth-order valence-electron chi connectivity index (χ4n) is 1.20. The molecule has 0 saturated heterocycles. The van der Waals surface area contributed by atoms with Gasteiger partial charge in [0.2, 0.25) is 0 Å². The van der Waals surface area contributed by atoms with Crippen molar-refractivity contribution in [3.63, 3.8) is 0 Å². The predicted octanol–water partition coefficient (Wildman–Crippen LogP) is 3.09. The van der Waals surface area contributed by atoms with Crippen LogP contribution in [0.1, 0.15) is 10.5 Å². The van der Waals surface area contributed by atoms with E-state index in [0.717, 1.165) is 0 Å². The number of ether oxygens (including phenoxy) is 1. The van der Waals surface area contributed by atoms with E-state index in [4.69, 9.17) is 16.3 Å². The number of hydrogen-bond acceptors (Lipinski definition) is 3. The van der Waals surface area contributed by atoms with Crippen LogP contribution in [0.5, 0.6) is 5.75 Å². The molecule has 2 aromatic rings. The molecule has 17 heavy (non-hydrogen) atoms. The van der Waals surface area contributed by atoms with E-state index in [2.05, 4.69) is 4.98 Å². The van der Waals surface area contributed by atoms with Gasteiger partial charge in [-0.3, -0.25) is 0 Å². The molecule has 1 aromatic heterocycles. The van der Waals surface area contributed by atoms with Gasteiger partial charge in [-0.25, -0.2) is 14.2 Å². The average Bonchev–Trinajstić information content (AvgIpc) is 2.36. The quantitative estimate of drug-likeness (QED) is 0.608. The molecule has 0 bridgehead atoms. The van der Waals surface area contributed by atoms with Crippen LogP contribution >= 0.6 is 11.6 Å². The maximum Gasteiger partial charge on any atom is 0.362 e. The van der Waals surface area contributed by atoms with E-state index >= 15 is 0 Å². The summed E-state index contributed by atoms with van der Waals surface area (Å²) >= 11 is 5.56. The van der Waals surface area contributed by atoms with Crippen molar-refractivity contribution < 1.29 is 13.9 Å². The van der Waals surface area contributed by atoms with Gasteiger partial charge in [-0.2, -0.15) is 0 Å². The Bertz CT molecular complexity index is 545. The van der Waals surface area contributed by atoms with Gasteiger partial charge in [-0.05, 0) is 24.3 Å². The van der Waals surface area contributed by atoms with E-state index in [1.807, 2.05) is 0 Å². The third kappa shape index (κ3) is 2.60. The highest BCUT2D eigenvalue weighted by Crippen LogP contribution is 2.24. The Morgan fingerprint density at radius 3 is 2.76 bits per heavy atom. The van der Waals surface area contributed by atoms with Crippen molar-refractivity contribution >= 4 is 17.6 Å². The number of nitrogens with zero attached hydrogens (tertiary/aromatic N) is 1. The molecule has 0 N–H and O–H groups in total. The Morgan fingerprint density at radius 2 is 2.06 bits per heavy atom. The molecular formula is C12H7ClFNO2. The summed E-state index contributed by atoms with van der Waals surface area (Å²) in [5.41, 5.74) is 0.104. The van der Waals surface area contributed by atoms with Crippen molar-refractivity contribution in [2.75, 3.05) is 0 Å². The number of rotatable bonds is 2. The Kier molecular flexibility index (Phi) is 3.35. The second-order valence-corrected chi connectivity index (χ2v) is 3.56. The van der Waals surface area contributed by atoms with E-state index < -0.39 is 11.8 Å². The Balaban J connectivity index is 2.22. The van der Waals surface area contributed by atoms with Crippen LogP contribution in [0.3, 0.4) is 0 Å². The monoisotopic (exact) mass is 251 g/mol. The minimum absolute atomic E-state index is 0.101. The molecule has 0 radical (unpaired) electrons. The summed E-state index contributed by atoms with van der Waals surface area (Å²) in [6.45, 7) is 0. The lowest BCUT2D eigenvalue weighted by Crippen LogP contribution is -2.11. The second-order valence-electron chi connectivity index (χ2n) is 3.16. The first kappa shape index (κ1) is 11.5. The zero-order chi connectivity index (χ0) is 12.3. The molecule has 0 amide bonds. The van der Waals surface area contributed by atoms with Crippen LogP contribution in [0.25, 0.3) is 0 Å². The third-order valence-corrected chi connectivity index (χ3v) is 2.28. The van der Waals surface area contributed by atoms with Crippen molar-refractivity contribution in [2.45, 2.75) is 0 Å². The molecule has 5 heteroatoms. The molecule has 3 nitrogen and oxygen atoms in total. The van der Waals surface area contributed by atoms with Crippen molar-refractivity contribution in [1.29, 1.82) is 0 Å². The summed E-state index contributed by atoms with van der Waals surface area (Å²) in [6, 6.07) is 8.96. The minimum atomic E-state index is -0.765. The molecular weight excluding hydrogens is 245 g/mol. The zero-order valence-corrected chi connectivity index (χ0v) is 9.32. The topological polar surface area (TPSA) is 39.2 Å². The SMILES string of the molecule is O=C(Oc1cccc(Cl)c1F)c1ccccn1. The molecule has 0 fully saturated rings. The van der Waals surface area contributed by atoms with Crippen LogP contribution < -0.4 is 4.74 Å². The number of carbonyl (C=O) groups excluding carboxylic acids is 1. The van der Waals surface area contributed by atoms with Gasteiger partial charge < -0.3 is 4.74 Å². The molecule has 1 aromatic carbocycles. The van der Waals surface area contributed by atoms with Crippen LogP contribution in [-0.4, -0.2) is 11.0 Å². The van der Waals surface area contributed by atoms with E-state index in [-0.39, 0.29) is 16.5 Å². The van der Waals surface area contributed by atoms with Crippen LogP contribution in [-0.2, 0) is 0 Å². The Morgan fingerprint density at radius 1 is 1.24 bits per heavy atom. The van der Waals surface area contributed by atoms with Gasteiger partial charge in [-0.15, -0.1) is 0 Å². The molecule has 0 saturated carbocycles. The number of esters is 1. The van der Waals surface area contributed by atoms with E-state index in [1.54, 1.807) is 12.1 Å². The summed E-state index contributed by atoms with van der Waals surface area (Å²) in [4.78, 5) is 15.4. The van der Waals surface area contributed by atoms with Gasteiger partial charge >= 0.3 is 5.97 Å². The molecule has 0 unspecified atom stereocenters. The maximum absolute atomic E-state index is 13.4. The predicted molar refractivity (Wildman–Crippen MR) is 60.6 cm³/mol. The fourth-order valence-corrected chi connectivity index (χ4v) is 1.36. The first-order valence-electron chi connectivity index (χ1n) is 4.75. The first-order chi connectivity index (χ1) is 8.18. The molecule has 0 spiro atoms. The van der Waals surface area contributed by atoms with Gasteiger partial charge in [0.1, 0.15) is 5.69 Å². The fraction of sp³-hybridized carbons (Fsp3) is 0. The lowest BCUT2D eigenvalue weighted by atomic mass is 10.3. The van der Waals surface area contributed by atoms with E-state index in [9.17, 15) is 9.18 Å². The van der Waals surface area contributed by atoms with Gasteiger partial charge in [0.15, 0.2) is 11.6 Å². The average molecular weight is 252 g/mol. The van der Waals surface area contributed by atoms with Crippen LogP contribution in [0.15, 0.2) is 42.6 Å². The Hall–Kier alpha value is -1.94. The van der Waals surface area contributed by atoms with Gasteiger partial charge in [0.25, 0.3) is 0 Å². The van der Waals surface area contributed by atoms with Gasteiger partial charge in [0.05, 0.1) is 5.02 Å². The van der Waals surface area contributed by atoms with Gasteiger partial charge in [0, 0.05) is 6.20 Å². The standard InChI is InChI=1S/C12H7ClFNO2/c13-8-4-3-6-10(11(8)14)17-12(16)9-5-1-2-7-15-9/h1-7H. The molecule has 0 atom stereocenters. The molecule has 0 aliphatic heterocycles. The normalized spacial score (nSPS) is 10.0. The second kappa shape index (κ2) is 4.93. The number of carbonyl (C=O) groups is 1. The summed E-state index contributed by atoms with van der Waals surface area (Å²) < 4.78 is 18.3. The molecule has 86 valence electrons. The zero-order valence-electron chi connectivity index (χ0n) is 8.56. The van der Waals surface area contributed by atoms with Crippen LogP contribution in [0.2, 0.25) is 5.02 Å². The molecule has 1 heterocycles. The number of aromatic nitrogens is 1. The summed E-state index contributed by atoms with van der Waals surface area (Å²) in [5.74, 6) is -1.71. The van der Waals surface area contributed by atoms with Crippen molar-refractivity contribution in [3.8, 4) is 5.75 Å². The van der Waals surface area contributed by atoms with E-state index in [1.165, 1.54) is 30.5 Å². The smallest absolute Gasteiger partial charge is 0.362 e. The van der Waals surface area contributed by atoms with Crippen LogP contribution in [0, 0.1) is 5.82 Å². The summed E-state index contributed by atoms with van der Waals surface area (Å²) in [7, 11) is 0. The maximum atomic E-state index is 13.4.